The summed E-state index contributed by atoms with van der Waals surface area (Å²) in [6.07, 6.45) is 0. The zero-order chi connectivity index (χ0) is 20.8. The fourth-order valence-electron chi connectivity index (χ4n) is 2.48. The van der Waals surface area contributed by atoms with Gasteiger partial charge in [-0.25, -0.2) is 0 Å². The molecule has 3 aromatic carbocycles. The number of nitro groups is 2. The Balaban J connectivity index is 1.58. The molecule has 0 atom stereocenters. The molecule has 9 heteroatoms. The van der Waals surface area contributed by atoms with Gasteiger partial charge < -0.3 is 10.1 Å². The van der Waals surface area contributed by atoms with E-state index in [2.05, 4.69) is 5.32 Å². The highest BCUT2D eigenvalue weighted by atomic mass is 16.6. The van der Waals surface area contributed by atoms with Crippen LogP contribution in [0.25, 0.3) is 0 Å². The van der Waals surface area contributed by atoms with Crippen LogP contribution in [0.4, 0.5) is 17.1 Å². The van der Waals surface area contributed by atoms with Gasteiger partial charge in [0.15, 0.2) is 0 Å². The number of non-ortho nitro benzene ring substituents is 2. The summed E-state index contributed by atoms with van der Waals surface area (Å²) in [7, 11) is 0. The summed E-state index contributed by atoms with van der Waals surface area (Å²) in [6.45, 7) is 0.234. The molecule has 0 fully saturated rings. The molecule has 29 heavy (non-hydrogen) atoms. The van der Waals surface area contributed by atoms with Crippen LogP contribution in [0.5, 0.6) is 5.75 Å². The van der Waals surface area contributed by atoms with Gasteiger partial charge >= 0.3 is 0 Å². The van der Waals surface area contributed by atoms with Crippen LogP contribution >= 0.6 is 0 Å². The molecule has 0 spiro atoms. The second-order valence-corrected chi connectivity index (χ2v) is 6.00. The minimum Gasteiger partial charge on any atom is -0.489 e. The highest BCUT2D eigenvalue weighted by Gasteiger charge is 2.12. The van der Waals surface area contributed by atoms with Gasteiger partial charge in [0.05, 0.1) is 9.85 Å². The maximum Gasteiger partial charge on any atom is 0.270 e. The van der Waals surface area contributed by atoms with E-state index < -0.39 is 15.8 Å². The van der Waals surface area contributed by atoms with Crippen LogP contribution in [-0.4, -0.2) is 15.8 Å². The topological polar surface area (TPSA) is 125 Å². The van der Waals surface area contributed by atoms with Crippen molar-refractivity contribution in [2.75, 3.05) is 5.32 Å². The van der Waals surface area contributed by atoms with Crippen LogP contribution in [-0.2, 0) is 6.61 Å². The number of nitrogens with one attached hydrogen (secondary N) is 1. The summed E-state index contributed by atoms with van der Waals surface area (Å²) >= 11 is 0. The lowest BCUT2D eigenvalue weighted by Gasteiger charge is -2.09. The first-order valence-corrected chi connectivity index (χ1v) is 8.44. The number of rotatable bonds is 7. The Morgan fingerprint density at radius 3 is 2.14 bits per heavy atom. The molecule has 0 saturated heterocycles. The van der Waals surface area contributed by atoms with Crippen molar-refractivity contribution in [2.24, 2.45) is 0 Å². The Hall–Kier alpha value is -4.27. The Morgan fingerprint density at radius 1 is 0.862 bits per heavy atom. The molecule has 3 rings (SSSR count). The Kier molecular flexibility index (Phi) is 5.79. The van der Waals surface area contributed by atoms with E-state index in [0.29, 0.717) is 11.4 Å². The lowest BCUT2D eigenvalue weighted by Crippen LogP contribution is -2.12. The van der Waals surface area contributed by atoms with Crippen molar-refractivity contribution >= 4 is 23.0 Å². The van der Waals surface area contributed by atoms with Crippen molar-refractivity contribution in [3.05, 3.63) is 104 Å². The number of ether oxygens (including phenoxy) is 1. The highest BCUT2D eigenvalue weighted by molar-refractivity contribution is 6.04. The highest BCUT2D eigenvalue weighted by Crippen LogP contribution is 2.20. The van der Waals surface area contributed by atoms with Crippen molar-refractivity contribution in [2.45, 2.75) is 6.61 Å². The van der Waals surface area contributed by atoms with Crippen molar-refractivity contribution in [3.8, 4) is 5.75 Å². The maximum absolute atomic E-state index is 12.2. The summed E-state index contributed by atoms with van der Waals surface area (Å²) in [5.41, 5.74) is 1.31. The van der Waals surface area contributed by atoms with Gasteiger partial charge in [0.1, 0.15) is 12.4 Å². The van der Waals surface area contributed by atoms with Gasteiger partial charge in [-0.2, -0.15) is 0 Å². The van der Waals surface area contributed by atoms with E-state index in [0.717, 1.165) is 5.56 Å². The summed E-state index contributed by atoms with van der Waals surface area (Å²) in [6, 6.07) is 18.1. The number of hydrogen-bond donors (Lipinski definition) is 1. The molecule has 1 amide bonds. The van der Waals surface area contributed by atoms with Crippen LogP contribution in [0.3, 0.4) is 0 Å². The minimum atomic E-state index is -0.562. The van der Waals surface area contributed by atoms with Crippen molar-refractivity contribution in [1.82, 2.24) is 0 Å². The number of anilines is 1. The molecule has 0 heterocycles. The van der Waals surface area contributed by atoms with Gasteiger partial charge in [-0.05, 0) is 48.0 Å². The molecule has 1 N–H and O–H groups in total. The molecule has 0 aliphatic carbocycles. The number of carbonyl (C=O) groups excluding carboxylic acids is 1. The Labute approximate surface area is 164 Å². The fraction of sp³-hybridized carbons (Fsp3) is 0.0500. The molecule has 146 valence electrons. The number of carbonyl (C=O) groups is 1. The van der Waals surface area contributed by atoms with E-state index in [1.807, 2.05) is 0 Å². The summed E-state index contributed by atoms with van der Waals surface area (Å²) in [5.74, 6) is 0.0879. The van der Waals surface area contributed by atoms with E-state index in [9.17, 15) is 25.0 Å². The van der Waals surface area contributed by atoms with Gasteiger partial charge in [0.25, 0.3) is 17.3 Å². The van der Waals surface area contributed by atoms with Gasteiger partial charge in [-0.1, -0.05) is 6.07 Å². The monoisotopic (exact) mass is 393 g/mol. The quantitative estimate of drug-likeness (QED) is 0.470. The number of nitro benzene ring substituents is 2. The number of nitrogens with zero attached hydrogens (tertiary/aromatic N) is 2. The van der Waals surface area contributed by atoms with Gasteiger partial charge in [-0.15, -0.1) is 0 Å². The maximum atomic E-state index is 12.2. The van der Waals surface area contributed by atoms with Gasteiger partial charge in [0, 0.05) is 35.5 Å². The normalized spacial score (nSPS) is 10.2. The van der Waals surface area contributed by atoms with Crippen LogP contribution in [0.1, 0.15) is 15.9 Å². The fourth-order valence-corrected chi connectivity index (χ4v) is 2.48. The first kappa shape index (κ1) is 19.5. The van der Waals surface area contributed by atoms with Gasteiger partial charge in [0.2, 0.25) is 0 Å². The third-order valence-electron chi connectivity index (χ3n) is 3.98. The van der Waals surface area contributed by atoms with Crippen LogP contribution in [0.2, 0.25) is 0 Å². The Bertz CT molecular complexity index is 1050. The van der Waals surface area contributed by atoms with E-state index in [1.54, 1.807) is 36.4 Å². The van der Waals surface area contributed by atoms with Crippen molar-refractivity contribution in [1.29, 1.82) is 0 Å². The van der Waals surface area contributed by atoms with Crippen molar-refractivity contribution < 1.29 is 19.4 Å². The number of benzene rings is 3. The van der Waals surface area contributed by atoms with Gasteiger partial charge in [-0.3, -0.25) is 25.0 Å². The Morgan fingerprint density at radius 2 is 1.52 bits per heavy atom. The van der Waals surface area contributed by atoms with E-state index >= 15 is 0 Å². The molecule has 3 aromatic rings. The summed E-state index contributed by atoms with van der Waals surface area (Å²) < 4.78 is 5.62. The lowest BCUT2D eigenvalue weighted by atomic mass is 10.2. The van der Waals surface area contributed by atoms with Crippen molar-refractivity contribution in [3.63, 3.8) is 0 Å². The largest absolute Gasteiger partial charge is 0.489 e. The van der Waals surface area contributed by atoms with E-state index in [1.165, 1.54) is 36.4 Å². The zero-order valence-corrected chi connectivity index (χ0v) is 15.0. The molecular weight excluding hydrogens is 378 g/mol. The standard InChI is InChI=1S/C20H15N3O6/c24-20(15-2-1-3-18(12-15)23(27)28)21-16-6-10-19(11-7-16)29-13-14-4-8-17(9-5-14)22(25)26/h1-12H,13H2,(H,21,24). The molecule has 9 nitrogen and oxygen atoms in total. The predicted octanol–water partition coefficient (Wildman–Crippen LogP) is 4.33. The first-order chi connectivity index (χ1) is 13.9. The molecule has 0 radical (unpaired) electrons. The molecular formula is C20H15N3O6. The zero-order valence-electron chi connectivity index (χ0n) is 15.0. The average Bonchev–Trinajstić information content (AvgIpc) is 2.73. The minimum absolute atomic E-state index is 0.0117. The first-order valence-electron chi connectivity index (χ1n) is 8.44. The molecule has 0 aliphatic heterocycles. The summed E-state index contributed by atoms with van der Waals surface area (Å²) in [5, 5.41) is 24.1. The smallest absolute Gasteiger partial charge is 0.270 e. The summed E-state index contributed by atoms with van der Waals surface area (Å²) in [4.78, 5) is 32.7. The molecule has 0 bridgehead atoms. The number of hydrogen-bond acceptors (Lipinski definition) is 6. The SMILES string of the molecule is O=C(Nc1ccc(OCc2ccc([N+](=O)[O-])cc2)cc1)c1cccc([N+](=O)[O-])c1. The van der Waals surface area contributed by atoms with Crippen LogP contribution in [0.15, 0.2) is 72.8 Å². The molecule has 0 aromatic heterocycles. The van der Waals surface area contributed by atoms with E-state index in [4.69, 9.17) is 4.74 Å². The number of amides is 1. The van der Waals surface area contributed by atoms with Crippen LogP contribution < -0.4 is 10.1 Å². The lowest BCUT2D eigenvalue weighted by molar-refractivity contribution is -0.385. The predicted molar refractivity (Wildman–Crippen MR) is 105 cm³/mol. The molecule has 0 saturated carbocycles. The average molecular weight is 393 g/mol. The van der Waals surface area contributed by atoms with E-state index in [-0.39, 0.29) is 23.5 Å². The second kappa shape index (κ2) is 8.61. The second-order valence-electron chi connectivity index (χ2n) is 6.00. The molecule has 0 unspecified atom stereocenters. The third-order valence-corrected chi connectivity index (χ3v) is 3.98. The van der Waals surface area contributed by atoms with Crippen LogP contribution in [0, 0.1) is 20.2 Å². The third kappa shape index (κ3) is 5.13. The molecule has 0 aliphatic rings.